The van der Waals surface area contributed by atoms with Gasteiger partial charge >= 0.3 is 0 Å². The molecule has 0 unspecified atom stereocenters. The van der Waals surface area contributed by atoms with Gasteiger partial charge in [0, 0.05) is 6.54 Å². The molecule has 0 bridgehead atoms. The second-order valence-electron chi connectivity index (χ2n) is 5.17. The van der Waals surface area contributed by atoms with Crippen molar-refractivity contribution in [1.29, 1.82) is 0 Å². The topological polar surface area (TPSA) is 75.4 Å². The lowest BCUT2D eigenvalue weighted by molar-refractivity contribution is 0.226. The van der Waals surface area contributed by atoms with E-state index < -0.39 is 10.0 Å². The number of nitrogens with two attached hydrogens (primary N) is 1. The van der Waals surface area contributed by atoms with E-state index in [0.29, 0.717) is 11.6 Å². The van der Waals surface area contributed by atoms with E-state index in [1.165, 1.54) is 6.07 Å². The van der Waals surface area contributed by atoms with E-state index in [9.17, 15) is 8.42 Å². The third-order valence-corrected chi connectivity index (χ3v) is 4.58. The van der Waals surface area contributed by atoms with Gasteiger partial charge in [0.15, 0.2) is 0 Å². The van der Waals surface area contributed by atoms with E-state index in [4.69, 9.17) is 5.14 Å². The van der Waals surface area contributed by atoms with Gasteiger partial charge in [-0.1, -0.05) is 12.1 Å². The maximum Gasteiger partial charge on any atom is 0.240 e. The summed E-state index contributed by atoms with van der Waals surface area (Å²) in [7, 11) is -1.54. The Bertz CT molecular complexity index is 522. The fourth-order valence-corrected chi connectivity index (χ4v) is 3.10. The number of hydrogen-bond acceptors (Lipinski definition) is 4. The summed E-state index contributed by atoms with van der Waals surface area (Å²) in [5.41, 5.74) is 0.601. The maximum absolute atomic E-state index is 11.5. The normalized spacial score (nSPS) is 18.4. The highest BCUT2D eigenvalue weighted by Crippen LogP contribution is 2.22. The Balaban J connectivity index is 2.00. The monoisotopic (exact) mass is 283 g/mol. The van der Waals surface area contributed by atoms with Crippen LogP contribution in [-0.4, -0.2) is 40.0 Å². The van der Waals surface area contributed by atoms with E-state index in [0.717, 1.165) is 32.5 Å². The van der Waals surface area contributed by atoms with Crippen LogP contribution in [-0.2, 0) is 10.0 Å². The van der Waals surface area contributed by atoms with Gasteiger partial charge in [-0.15, -0.1) is 0 Å². The summed E-state index contributed by atoms with van der Waals surface area (Å²) >= 11 is 0. The van der Waals surface area contributed by atoms with Gasteiger partial charge in [0.1, 0.15) is 4.90 Å². The third-order valence-electron chi connectivity index (χ3n) is 3.61. The molecule has 5 nitrogen and oxygen atoms in total. The van der Waals surface area contributed by atoms with Crippen LogP contribution in [0.25, 0.3) is 0 Å². The van der Waals surface area contributed by atoms with Crippen LogP contribution in [0.2, 0.25) is 0 Å². The van der Waals surface area contributed by atoms with Crippen LogP contribution in [0.3, 0.4) is 0 Å². The molecule has 0 spiro atoms. The minimum Gasteiger partial charge on any atom is -0.384 e. The van der Waals surface area contributed by atoms with Crippen molar-refractivity contribution in [3.8, 4) is 0 Å². The first-order valence-electron chi connectivity index (χ1n) is 6.51. The number of benzene rings is 1. The summed E-state index contributed by atoms with van der Waals surface area (Å²) in [6, 6.07) is 6.78. The fourth-order valence-electron chi connectivity index (χ4n) is 2.38. The molecular formula is C13H21N3O2S. The second kappa shape index (κ2) is 5.90. The molecule has 1 saturated heterocycles. The Morgan fingerprint density at radius 2 is 1.95 bits per heavy atom. The summed E-state index contributed by atoms with van der Waals surface area (Å²) < 4.78 is 23.0. The van der Waals surface area contributed by atoms with Gasteiger partial charge in [0.05, 0.1) is 5.69 Å². The van der Waals surface area contributed by atoms with Crippen LogP contribution < -0.4 is 10.5 Å². The number of para-hydroxylation sites is 1. The smallest absolute Gasteiger partial charge is 0.240 e. The zero-order valence-corrected chi connectivity index (χ0v) is 12.0. The molecule has 106 valence electrons. The largest absolute Gasteiger partial charge is 0.384 e. The van der Waals surface area contributed by atoms with Crippen molar-refractivity contribution in [3.05, 3.63) is 24.3 Å². The first-order valence-corrected chi connectivity index (χ1v) is 8.05. The Hall–Kier alpha value is -1.11. The predicted molar refractivity (Wildman–Crippen MR) is 76.5 cm³/mol. The zero-order valence-electron chi connectivity index (χ0n) is 11.2. The van der Waals surface area contributed by atoms with Crippen LogP contribution in [0.15, 0.2) is 29.2 Å². The predicted octanol–water partition coefficient (Wildman–Crippen LogP) is 1.09. The molecule has 6 heteroatoms. The van der Waals surface area contributed by atoms with Crippen molar-refractivity contribution in [2.75, 3.05) is 32.0 Å². The number of likely N-dealkylation sites (tertiary alicyclic amines) is 1. The zero-order chi connectivity index (χ0) is 13.9. The van der Waals surface area contributed by atoms with Crippen LogP contribution >= 0.6 is 0 Å². The number of piperidine rings is 1. The molecule has 1 aromatic rings. The van der Waals surface area contributed by atoms with Crippen molar-refractivity contribution in [3.63, 3.8) is 0 Å². The van der Waals surface area contributed by atoms with E-state index >= 15 is 0 Å². The highest BCUT2D eigenvalue weighted by molar-refractivity contribution is 7.89. The first-order chi connectivity index (χ1) is 8.97. The van der Waals surface area contributed by atoms with E-state index in [2.05, 4.69) is 17.3 Å². The molecular weight excluding hydrogens is 262 g/mol. The second-order valence-corrected chi connectivity index (χ2v) is 6.70. The van der Waals surface area contributed by atoms with Gasteiger partial charge in [-0.25, -0.2) is 13.6 Å². The van der Waals surface area contributed by atoms with Crippen molar-refractivity contribution in [2.24, 2.45) is 11.1 Å². The van der Waals surface area contributed by atoms with Crippen molar-refractivity contribution >= 4 is 15.7 Å². The number of nitrogens with zero attached hydrogens (tertiary/aromatic N) is 1. The molecule has 0 aromatic heterocycles. The molecule has 0 atom stereocenters. The molecule has 0 radical (unpaired) electrons. The summed E-state index contributed by atoms with van der Waals surface area (Å²) in [5, 5.41) is 8.44. The minimum absolute atomic E-state index is 0.169. The highest BCUT2D eigenvalue weighted by atomic mass is 32.2. The number of primary sulfonamides is 1. The number of hydrogen-bond donors (Lipinski definition) is 2. The first kappa shape index (κ1) is 14.3. The lowest BCUT2D eigenvalue weighted by atomic mass is 9.97. The third kappa shape index (κ3) is 3.92. The Kier molecular flexibility index (Phi) is 4.44. The fraction of sp³-hybridized carbons (Fsp3) is 0.538. The number of nitrogens with one attached hydrogen (secondary N) is 1. The lowest BCUT2D eigenvalue weighted by Crippen LogP contribution is -2.33. The summed E-state index contributed by atoms with van der Waals surface area (Å²) in [5.74, 6) is 0.588. The molecule has 0 saturated carbocycles. The maximum atomic E-state index is 11.5. The minimum atomic E-state index is -3.67. The van der Waals surface area contributed by atoms with Gasteiger partial charge in [-0.05, 0) is 51.0 Å². The van der Waals surface area contributed by atoms with Crippen molar-refractivity contribution in [2.45, 2.75) is 17.7 Å². The van der Waals surface area contributed by atoms with Gasteiger partial charge in [0.25, 0.3) is 0 Å². The van der Waals surface area contributed by atoms with Gasteiger partial charge in [0.2, 0.25) is 10.0 Å². The van der Waals surface area contributed by atoms with Crippen molar-refractivity contribution < 1.29 is 8.42 Å². The molecule has 0 amide bonds. The quantitative estimate of drug-likeness (QED) is 0.867. The molecule has 19 heavy (non-hydrogen) atoms. The molecule has 0 aliphatic carbocycles. The molecule has 1 aliphatic heterocycles. The molecule has 1 fully saturated rings. The van der Waals surface area contributed by atoms with Gasteiger partial charge in [-0.2, -0.15) is 0 Å². The van der Waals surface area contributed by atoms with Crippen LogP contribution in [0.1, 0.15) is 12.8 Å². The highest BCUT2D eigenvalue weighted by Gasteiger charge is 2.18. The molecule has 3 N–H and O–H groups in total. The number of sulfonamides is 1. The van der Waals surface area contributed by atoms with E-state index in [-0.39, 0.29) is 4.90 Å². The van der Waals surface area contributed by atoms with Crippen LogP contribution in [0.4, 0.5) is 5.69 Å². The standard InChI is InChI=1S/C13H21N3O2S/c1-16-8-6-11(7-9-16)10-15-12-4-2-3-5-13(12)19(14,17)18/h2-5,11,15H,6-10H2,1H3,(H2,14,17,18). The number of rotatable bonds is 4. The SMILES string of the molecule is CN1CCC(CNc2ccccc2S(N)(=O)=O)CC1. The average Bonchev–Trinajstić information content (AvgIpc) is 2.37. The Morgan fingerprint density at radius 1 is 1.32 bits per heavy atom. The van der Waals surface area contributed by atoms with Crippen LogP contribution in [0, 0.1) is 5.92 Å². The molecule has 1 aliphatic rings. The lowest BCUT2D eigenvalue weighted by Gasteiger charge is -2.29. The Labute approximate surface area is 114 Å². The van der Waals surface area contributed by atoms with E-state index in [1.807, 2.05) is 6.07 Å². The van der Waals surface area contributed by atoms with Crippen LogP contribution in [0.5, 0.6) is 0 Å². The molecule has 2 rings (SSSR count). The summed E-state index contributed by atoms with van der Waals surface area (Å²) in [6.45, 7) is 2.99. The number of anilines is 1. The molecule has 1 heterocycles. The summed E-state index contributed by atoms with van der Waals surface area (Å²) in [4.78, 5) is 2.48. The van der Waals surface area contributed by atoms with Gasteiger partial charge in [-0.3, -0.25) is 0 Å². The van der Waals surface area contributed by atoms with E-state index in [1.54, 1.807) is 12.1 Å². The summed E-state index contributed by atoms with van der Waals surface area (Å²) in [6.07, 6.45) is 2.28. The van der Waals surface area contributed by atoms with Gasteiger partial charge < -0.3 is 10.2 Å². The average molecular weight is 283 g/mol. The Morgan fingerprint density at radius 3 is 2.58 bits per heavy atom. The molecule has 1 aromatic carbocycles. The van der Waals surface area contributed by atoms with Crippen molar-refractivity contribution in [1.82, 2.24) is 4.90 Å².